The van der Waals surface area contributed by atoms with Crippen LogP contribution in [-0.4, -0.2) is 11.7 Å². The molecular weight excluding hydrogens is 787 g/mol. The van der Waals surface area contributed by atoms with E-state index in [1.807, 2.05) is 6.07 Å². The van der Waals surface area contributed by atoms with Gasteiger partial charge in [-0.25, -0.2) is 9.98 Å². The minimum Gasteiger partial charge on any atom is -0.324 e. The maximum absolute atomic E-state index is 5.35. The SMILES string of the molecule is c1ccc(C2=NC(c3cccc(-c4c(-c5cccc6c5-c5ccccc5C65c6ccccc6-c6ccccc65)ccc5ccccc45)c3)N=C(c3ccc(-c4ccccc4)cc3)N2)cc1. The van der Waals surface area contributed by atoms with Crippen LogP contribution in [0.5, 0.6) is 0 Å². The first-order valence-electron chi connectivity index (χ1n) is 22.4. The number of nitrogens with one attached hydrogen (secondary N) is 1. The summed E-state index contributed by atoms with van der Waals surface area (Å²) in [4.78, 5) is 10.7. The predicted molar refractivity (Wildman–Crippen MR) is 268 cm³/mol. The summed E-state index contributed by atoms with van der Waals surface area (Å²) in [6, 6.07) is 86.0. The molecule has 304 valence electrons. The van der Waals surface area contributed by atoms with E-state index in [4.69, 9.17) is 9.98 Å². The average Bonchev–Trinajstić information content (AvgIpc) is 3.86. The molecule has 0 saturated heterocycles. The second-order valence-corrected chi connectivity index (χ2v) is 17.2. The third kappa shape index (κ3) is 5.76. The van der Waals surface area contributed by atoms with Gasteiger partial charge >= 0.3 is 0 Å². The molecular formula is C62H41N3. The number of amidine groups is 2. The number of hydrogen-bond donors (Lipinski definition) is 1. The molecule has 1 aliphatic heterocycles. The normalized spacial score (nSPS) is 15.0. The molecule has 0 radical (unpaired) electrons. The van der Waals surface area contributed by atoms with Crippen LogP contribution in [-0.2, 0) is 5.41 Å². The third-order valence-electron chi connectivity index (χ3n) is 13.8. The molecule has 1 spiro atoms. The van der Waals surface area contributed by atoms with Crippen molar-refractivity contribution in [2.24, 2.45) is 9.98 Å². The lowest BCUT2D eigenvalue weighted by molar-refractivity contribution is 0.756. The van der Waals surface area contributed by atoms with Gasteiger partial charge in [0.1, 0.15) is 11.7 Å². The van der Waals surface area contributed by atoms with Crippen LogP contribution in [0.3, 0.4) is 0 Å². The van der Waals surface area contributed by atoms with E-state index >= 15 is 0 Å². The van der Waals surface area contributed by atoms with Gasteiger partial charge in [0.15, 0.2) is 6.17 Å². The zero-order valence-corrected chi connectivity index (χ0v) is 35.5. The average molecular weight is 828 g/mol. The molecule has 3 heteroatoms. The highest BCUT2D eigenvalue weighted by Gasteiger charge is 2.52. The lowest BCUT2D eigenvalue weighted by Gasteiger charge is -2.30. The highest BCUT2D eigenvalue weighted by molar-refractivity contribution is 6.16. The fourth-order valence-electron chi connectivity index (χ4n) is 11.0. The van der Waals surface area contributed by atoms with Crippen molar-refractivity contribution in [3.05, 3.63) is 276 Å². The van der Waals surface area contributed by atoms with E-state index in [-0.39, 0.29) is 0 Å². The molecule has 0 fully saturated rings. The molecule has 10 aromatic rings. The fourth-order valence-corrected chi connectivity index (χ4v) is 11.0. The number of rotatable bonds is 6. The van der Waals surface area contributed by atoms with E-state index in [1.54, 1.807) is 0 Å². The van der Waals surface area contributed by atoms with Crippen LogP contribution in [0.1, 0.15) is 45.1 Å². The number of hydrogen-bond acceptors (Lipinski definition) is 3. The highest BCUT2D eigenvalue weighted by atomic mass is 15.2. The van der Waals surface area contributed by atoms with Crippen LogP contribution in [0.25, 0.3) is 66.4 Å². The van der Waals surface area contributed by atoms with Crippen molar-refractivity contribution >= 4 is 22.4 Å². The second kappa shape index (κ2) is 14.9. The molecule has 1 N–H and O–H groups in total. The summed E-state index contributed by atoms with van der Waals surface area (Å²) in [6.07, 6.45) is -0.469. The molecule has 0 bridgehead atoms. The predicted octanol–water partition coefficient (Wildman–Crippen LogP) is 14.7. The number of benzene rings is 10. The minimum absolute atomic E-state index is 0.423. The second-order valence-electron chi connectivity index (χ2n) is 17.2. The third-order valence-corrected chi connectivity index (χ3v) is 13.8. The summed E-state index contributed by atoms with van der Waals surface area (Å²) in [6.45, 7) is 0. The molecule has 0 amide bonds. The van der Waals surface area contributed by atoms with Crippen molar-refractivity contribution in [2.45, 2.75) is 11.6 Å². The maximum Gasteiger partial charge on any atom is 0.169 e. The highest BCUT2D eigenvalue weighted by Crippen LogP contribution is 2.64. The van der Waals surface area contributed by atoms with Crippen molar-refractivity contribution in [1.82, 2.24) is 5.32 Å². The van der Waals surface area contributed by atoms with Crippen molar-refractivity contribution in [3.8, 4) is 55.6 Å². The number of aliphatic imine (C=N–C) groups is 2. The summed E-state index contributed by atoms with van der Waals surface area (Å²) in [7, 11) is 0. The Bertz CT molecular complexity index is 3520. The smallest absolute Gasteiger partial charge is 0.169 e. The lowest BCUT2D eigenvalue weighted by Crippen LogP contribution is -2.36. The van der Waals surface area contributed by atoms with Gasteiger partial charge in [-0.05, 0) is 100 Å². The first-order chi connectivity index (χ1) is 32.2. The standard InChI is InChI=1S/C62H41N3/c1-3-17-40(18-4-1)41-33-35-44(36-34-41)60-63-59(43-20-5-2-6-21-43)64-61(65-60)46-23-15-22-45(39-46)57-47-24-8-7-19-42(47)37-38-51(57)50-28-16-32-56-58(50)52-27-11-14-31-55(52)62(56)53-29-12-9-25-48(53)49-26-10-13-30-54(49)62/h1-39,61H,(H,63,64,65). The Balaban J connectivity index is 0.989. The molecule has 3 aliphatic rings. The van der Waals surface area contributed by atoms with E-state index in [2.05, 4.69) is 236 Å². The van der Waals surface area contributed by atoms with Gasteiger partial charge < -0.3 is 5.32 Å². The summed E-state index contributed by atoms with van der Waals surface area (Å²) in [5.41, 5.74) is 20.3. The fraction of sp³-hybridized carbons (Fsp3) is 0.0323. The molecule has 3 nitrogen and oxygen atoms in total. The Morgan fingerprint density at radius 2 is 0.800 bits per heavy atom. The first-order valence-corrected chi connectivity index (χ1v) is 22.4. The molecule has 1 atom stereocenters. The van der Waals surface area contributed by atoms with Crippen molar-refractivity contribution < 1.29 is 0 Å². The monoisotopic (exact) mass is 827 g/mol. The summed E-state index contributed by atoms with van der Waals surface area (Å²) in [5, 5.41) is 6.02. The zero-order chi connectivity index (χ0) is 42.9. The van der Waals surface area contributed by atoms with Gasteiger partial charge in [0, 0.05) is 11.1 Å². The van der Waals surface area contributed by atoms with Gasteiger partial charge in [-0.3, -0.25) is 0 Å². The molecule has 65 heavy (non-hydrogen) atoms. The molecule has 13 rings (SSSR count). The lowest BCUT2D eigenvalue weighted by atomic mass is 9.70. The van der Waals surface area contributed by atoms with E-state index < -0.39 is 11.6 Å². The largest absolute Gasteiger partial charge is 0.324 e. The van der Waals surface area contributed by atoms with Gasteiger partial charge in [-0.2, -0.15) is 0 Å². The molecule has 1 heterocycles. The molecule has 0 saturated carbocycles. The Hall–Kier alpha value is -8.40. The van der Waals surface area contributed by atoms with Crippen molar-refractivity contribution in [2.75, 3.05) is 0 Å². The van der Waals surface area contributed by atoms with E-state index in [1.165, 1.54) is 83.1 Å². The first kappa shape index (κ1) is 37.2. The summed E-state index contributed by atoms with van der Waals surface area (Å²) >= 11 is 0. The van der Waals surface area contributed by atoms with E-state index in [9.17, 15) is 0 Å². The van der Waals surface area contributed by atoms with Crippen LogP contribution in [0.2, 0.25) is 0 Å². The Kier molecular flexibility index (Phi) is 8.50. The minimum atomic E-state index is -0.469. The van der Waals surface area contributed by atoms with Crippen LogP contribution < -0.4 is 5.32 Å². The quantitative estimate of drug-likeness (QED) is 0.178. The number of fused-ring (bicyclic) bond motifs is 11. The number of nitrogens with zero attached hydrogens (tertiary/aromatic N) is 2. The van der Waals surface area contributed by atoms with Crippen LogP contribution in [0.15, 0.2) is 247 Å². The molecule has 2 aliphatic carbocycles. The van der Waals surface area contributed by atoms with Crippen LogP contribution >= 0.6 is 0 Å². The van der Waals surface area contributed by atoms with E-state index in [0.717, 1.165) is 33.9 Å². The Labute approximate surface area is 378 Å². The Morgan fingerprint density at radius 1 is 0.323 bits per heavy atom. The van der Waals surface area contributed by atoms with Crippen LogP contribution in [0, 0.1) is 0 Å². The van der Waals surface area contributed by atoms with Gasteiger partial charge in [0.2, 0.25) is 0 Å². The van der Waals surface area contributed by atoms with Gasteiger partial charge in [-0.1, -0.05) is 231 Å². The summed E-state index contributed by atoms with van der Waals surface area (Å²) < 4.78 is 0. The topological polar surface area (TPSA) is 36.8 Å². The maximum atomic E-state index is 5.35. The van der Waals surface area contributed by atoms with Crippen LogP contribution in [0.4, 0.5) is 0 Å². The van der Waals surface area contributed by atoms with Gasteiger partial charge in [0.05, 0.1) is 5.41 Å². The summed E-state index contributed by atoms with van der Waals surface area (Å²) in [5.74, 6) is 1.59. The van der Waals surface area contributed by atoms with Crippen molar-refractivity contribution in [1.29, 1.82) is 0 Å². The molecule has 10 aromatic carbocycles. The van der Waals surface area contributed by atoms with E-state index in [0.29, 0.717) is 0 Å². The Morgan fingerprint density at radius 3 is 1.51 bits per heavy atom. The van der Waals surface area contributed by atoms with Gasteiger partial charge in [-0.15, -0.1) is 0 Å². The van der Waals surface area contributed by atoms with Crippen molar-refractivity contribution in [3.63, 3.8) is 0 Å². The van der Waals surface area contributed by atoms with Gasteiger partial charge in [0.25, 0.3) is 0 Å². The molecule has 1 unspecified atom stereocenters. The zero-order valence-electron chi connectivity index (χ0n) is 35.5. The molecule has 0 aromatic heterocycles.